The topological polar surface area (TPSA) is 66.8 Å². The molecule has 1 fully saturated rings. The molecule has 1 aliphatic rings. The van der Waals surface area contributed by atoms with Crippen molar-refractivity contribution in [1.29, 1.82) is 0 Å². The Bertz CT molecular complexity index is 901. The fourth-order valence-corrected chi connectivity index (χ4v) is 5.33. The van der Waals surface area contributed by atoms with Gasteiger partial charge < -0.3 is 0 Å². The van der Waals surface area contributed by atoms with Gasteiger partial charge in [0.2, 0.25) is 0 Å². The number of likely N-dealkylation sites (N-methyl/N-ethyl adjacent to an activating group) is 1. The fourth-order valence-electron chi connectivity index (χ4n) is 2.11. The van der Waals surface area contributed by atoms with Gasteiger partial charge in [-0.1, -0.05) is 36.4 Å². The summed E-state index contributed by atoms with van der Waals surface area (Å²) in [6.45, 7) is 2.15. The van der Waals surface area contributed by atoms with Crippen molar-refractivity contribution >= 4 is 50.3 Å². The molecule has 0 bridgehead atoms. The van der Waals surface area contributed by atoms with E-state index in [1.54, 1.807) is 24.4 Å². The van der Waals surface area contributed by atoms with Gasteiger partial charge in [0.25, 0.3) is 15.9 Å². The first kappa shape index (κ1) is 16.9. The normalized spacial score (nSPS) is 18.7. The highest BCUT2D eigenvalue weighted by Gasteiger charge is 2.34. The predicted molar refractivity (Wildman–Crippen MR) is 98.3 cm³/mol. The summed E-state index contributed by atoms with van der Waals surface area (Å²) in [7, 11) is -3.80. The molecule has 1 saturated heterocycles. The molecule has 24 heavy (non-hydrogen) atoms. The van der Waals surface area contributed by atoms with Crippen molar-refractivity contribution in [2.24, 2.45) is 4.40 Å². The molecule has 1 aromatic carbocycles. The maximum absolute atomic E-state index is 12.5. The third-order valence-corrected chi connectivity index (χ3v) is 7.01. The van der Waals surface area contributed by atoms with Gasteiger partial charge in [-0.3, -0.25) is 9.69 Å². The quantitative estimate of drug-likeness (QED) is 0.765. The van der Waals surface area contributed by atoms with Crippen LogP contribution in [0.4, 0.5) is 0 Å². The van der Waals surface area contributed by atoms with Gasteiger partial charge in [-0.05, 0) is 41.8 Å². The number of rotatable bonds is 4. The number of sulfonamides is 1. The molecule has 1 aromatic heterocycles. The van der Waals surface area contributed by atoms with Gasteiger partial charge in [0.05, 0.1) is 4.91 Å². The Kier molecular flexibility index (Phi) is 4.88. The fraction of sp³-hybridized carbons (Fsp3) is 0.125. The van der Waals surface area contributed by atoms with E-state index in [0.29, 0.717) is 11.4 Å². The van der Waals surface area contributed by atoms with Crippen LogP contribution in [-0.4, -0.2) is 30.9 Å². The van der Waals surface area contributed by atoms with Crippen molar-refractivity contribution in [3.05, 3.63) is 58.3 Å². The Labute approximate surface area is 148 Å². The van der Waals surface area contributed by atoms with E-state index < -0.39 is 10.0 Å². The number of carbonyl (C=O) groups is 1. The largest absolute Gasteiger partial charge is 0.294 e. The summed E-state index contributed by atoms with van der Waals surface area (Å²) < 4.78 is 28.7. The van der Waals surface area contributed by atoms with Crippen LogP contribution in [0.25, 0.3) is 6.08 Å². The smallest absolute Gasteiger partial charge is 0.286 e. The van der Waals surface area contributed by atoms with Crippen LogP contribution in [0.5, 0.6) is 0 Å². The first-order chi connectivity index (χ1) is 11.5. The zero-order chi connectivity index (χ0) is 17.2. The maximum atomic E-state index is 12.5. The molecule has 1 aliphatic heterocycles. The summed E-state index contributed by atoms with van der Waals surface area (Å²) in [4.78, 5) is 14.3. The van der Waals surface area contributed by atoms with E-state index in [2.05, 4.69) is 4.40 Å². The highest BCUT2D eigenvalue weighted by Crippen LogP contribution is 2.33. The van der Waals surface area contributed by atoms with Gasteiger partial charge >= 0.3 is 0 Å². The number of amides is 1. The lowest BCUT2D eigenvalue weighted by Gasteiger charge is -2.11. The average Bonchev–Trinajstić information content (AvgIpc) is 3.18. The molecule has 0 N–H and O–H groups in total. The van der Waals surface area contributed by atoms with E-state index in [0.717, 1.165) is 28.7 Å². The van der Waals surface area contributed by atoms with E-state index in [1.807, 2.05) is 30.3 Å². The number of thioether (sulfide) groups is 1. The minimum Gasteiger partial charge on any atom is -0.286 e. The highest BCUT2D eigenvalue weighted by atomic mass is 32.2. The van der Waals surface area contributed by atoms with Gasteiger partial charge in [0.15, 0.2) is 5.17 Å². The van der Waals surface area contributed by atoms with Gasteiger partial charge in [0, 0.05) is 6.54 Å². The molecule has 3 rings (SSSR count). The Morgan fingerprint density at radius 3 is 2.54 bits per heavy atom. The van der Waals surface area contributed by atoms with Crippen LogP contribution in [0.15, 0.2) is 61.4 Å². The molecule has 2 aromatic rings. The number of nitrogens with zero attached hydrogens (tertiary/aromatic N) is 2. The molecule has 0 saturated carbocycles. The minimum absolute atomic E-state index is 0.166. The van der Waals surface area contributed by atoms with Crippen molar-refractivity contribution in [2.75, 3.05) is 6.54 Å². The van der Waals surface area contributed by atoms with Crippen molar-refractivity contribution in [2.45, 2.75) is 11.1 Å². The van der Waals surface area contributed by atoms with Crippen molar-refractivity contribution in [3.8, 4) is 0 Å². The number of benzene rings is 1. The van der Waals surface area contributed by atoms with Crippen molar-refractivity contribution < 1.29 is 13.2 Å². The number of hydrogen-bond donors (Lipinski definition) is 0. The average molecular weight is 379 g/mol. The van der Waals surface area contributed by atoms with Crippen molar-refractivity contribution in [1.82, 2.24) is 4.90 Å². The third kappa shape index (κ3) is 3.45. The summed E-state index contributed by atoms with van der Waals surface area (Å²) in [5.41, 5.74) is 0.881. The monoisotopic (exact) mass is 378 g/mol. The Hall–Kier alpha value is -1.90. The predicted octanol–water partition coefficient (Wildman–Crippen LogP) is 3.43. The first-order valence-electron chi connectivity index (χ1n) is 7.16. The second-order valence-corrected chi connectivity index (χ2v) is 8.64. The van der Waals surface area contributed by atoms with E-state index in [4.69, 9.17) is 0 Å². The Morgan fingerprint density at radius 1 is 1.17 bits per heavy atom. The molecule has 0 radical (unpaired) electrons. The summed E-state index contributed by atoms with van der Waals surface area (Å²) in [6.07, 6.45) is 1.75. The molecule has 0 aliphatic carbocycles. The Morgan fingerprint density at radius 2 is 1.92 bits per heavy atom. The highest BCUT2D eigenvalue weighted by molar-refractivity contribution is 8.19. The van der Waals surface area contributed by atoms with Crippen LogP contribution in [0.3, 0.4) is 0 Å². The summed E-state index contributed by atoms with van der Waals surface area (Å²) in [6, 6.07) is 12.6. The molecule has 5 nitrogen and oxygen atoms in total. The standard InChI is InChI=1S/C16H14N2O3S3/c1-2-18-15(19)13(11-12-7-4-3-5-8-12)23-16(18)17-24(20,21)14-9-6-10-22-14/h3-11H,2H2,1H3/b13-11-,17-16-. The van der Waals surface area contributed by atoms with E-state index in [-0.39, 0.29) is 15.3 Å². The second kappa shape index (κ2) is 6.92. The van der Waals surface area contributed by atoms with E-state index in [9.17, 15) is 13.2 Å². The number of carbonyl (C=O) groups excluding carboxylic acids is 1. The molecular weight excluding hydrogens is 364 g/mol. The van der Waals surface area contributed by atoms with Crippen LogP contribution >= 0.6 is 23.1 Å². The first-order valence-corrected chi connectivity index (χ1v) is 10.3. The summed E-state index contributed by atoms with van der Waals surface area (Å²) in [5, 5.41) is 1.87. The number of amidine groups is 1. The minimum atomic E-state index is -3.80. The van der Waals surface area contributed by atoms with Crippen LogP contribution in [-0.2, 0) is 14.8 Å². The number of hydrogen-bond acceptors (Lipinski definition) is 5. The molecule has 8 heteroatoms. The number of thiophene rings is 1. The van der Waals surface area contributed by atoms with Crippen LogP contribution < -0.4 is 0 Å². The maximum Gasteiger partial charge on any atom is 0.294 e. The van der Waals surface area contributed by atoms with Gasteiger partial charge in [-0.25, -0.2) is 0 Å². The summed E-state index contributed by atoms with van der Waals surface area (Å²) >= 11 is 2.19. The van der Waals surface area contributed by atoms with Crippen LogP contribution in [0, 0.1) is 0 Å². The molecule has 0 spiro atoms. The van der Waals surface area contributed by atoms with Gasteiger partial charge in [0.1, 0.15) is 4.21 Å². The van der Waals surface area contributed by atoms with Crippen LogP contribution in [0.1, 0.15) is 12.5 Å². The lowest BCUT2D eigenvalue weighted by atomic mass is 10.2. The van der Waals surface area contributed by atoms with Gasteiger partial charge in [-0.2, -0.15) is 8.42 Å². The molecular formula is C16H14N2O3S3. The third-order valence-electron chi connectivity index (χ3n) is 3.25. The Balaban J connectivity index is 1.96. The lowest BCUT2D eigenvalue weighted by Crippen LogP contribution is -2.29. The molecule has 124 valence electrons. The van der Waals surface area contributed by atoms with Gasteiger partial charge in [-0.15, -0.1) is 15.7 Å². The molecule has 0 unspecified atom stereocenters. The zero-order valence-corrected chi connectivity index (χ0v) is 15.2. The molecule has 2 heterocycles. The van der Waals surface area contributed by atoms with Crippen molar-refractivity contribution in [3.63, 3.8) is 0 Å². The molecule has 1 amide bonds. The SMILES string of the molecule is CCN1C(=O)/C(=C/c2ccccc2)S/C1=N\S(=O)(=O)c1cccs1. The zero-order valence-electron chi connectivity index (χ0n) is 12.7. The molecule has 0 atom stereocenters. The second-order valence-electron chi connectivity index (χ2n) is 4.85. The summed E-state index contributed by atoms with van der Waals surface area (Å²) in [5.74, 6) is -0.230. The van der Waals surface area contributed by atoms with E-state index in [1.165, 1.54) is 11.0 Å². The van der Waals surface area contributed by atoms with E-state index >= 15 is 0 Å². The lowest BCUT2D eigenvalue weighted by molar-refractivity contribution is -0.122. The van der Waals surface area contributed by atoms with Crippen LogP contribution in [0.2, 0.25) is 0 Å².